The van der Waals surface area contributed by atoms with Crippen molar-refractivity contribution in [2.24, 2.45) is 0 Å². The van der Waals surface area contributed by atoms with Crippen LogP contribution in [0.15, 0.2) is 35.3 Å². The molecule has 15 heavy (non-hydrogen) atoms. The largest absolute Gasteiger partial charge is 0.389 e. The second kappa shape index (κ2) is 5.33. The summed E-state index contributed by atoms with van der Waals surface area (Å²) in [6, 6.07) is 5.87. The molecule has 0 fully saturated rings. The van der Waals surface area contributed by atoms with Gasteiger partial charge in [-0.1, -0.05) is 12.1 Å². The first-order chi connectivity index (χ1) is 7.06. The quantitative estimate of drug-likeness (QED) is 0.850. The Bertz CT molecular complexity index is 349. The number of benzene rings is 1. The van der Waals surface area contributed by atoms with Crippen LogP contribution in [-0.4, -0.2) is 18.7 Å². The molecule has 0 unspecified atom stereocenters. The van der Waals surface area contributed by atoms with E-state index in [-0.39, 0.29) is 0 Å². The molecule has 0 saturated heterocycles. The molecule has 1 N–H and O–H groups in total. The third-order valence-electron chi connectivity index (χ3n) is 2.27. The topological polar surface area (TPSA) is 23.5 Å². The fourth-order valence-corrected chi connectivity index (χ4v) is 2.08. The zero-order valence-electron chi connectivity index (χ0n) is 9.07. The van der Waals surface area contributed by atoms with Crippen LogP contribution in [0.1, 0.15) is 18.6 Å². The number of hydrogen-bond acceptors (Lipinski definition) is 2. The summed E-state index contributed by atoms with van der Waals surface area (Å²) in [6.45, 7) is 6.26. The summed E-state index contributed by atoms with van der Waals surface area (Å²) in [7, 11) is 2.00. The van der Waals surface area contributed by atoms with E-state index in [9.17, 15) is 5.11 Å². The second-order valence-corrected chi connectivity index (χ2v) is 4.41. The zero-order chi connectivity index (χ0) is 11.4. The van der Waals surface area contributed by atoms with Gasteiger partial charge in [-0.25, -0.2) is 0 Å². The van der Waals surface area contributed by atoms with E-state index >= 15 is 0 Å². The minimum absolute atomic E-state index is 0.430. The number of hydrogen-bond donors (Lipinski definition) is 1. The van der Waals surface area contributed by atoms with Gasteiger partial charge in [0.05, 0.1) is 11.8 Å². The van der Waals surface area contributed by atoms with E-state index in [1.165, 1.54) is 0 Å². The molecule has 3 heteroatoms. The third kappa shape index (κ3) is 3.08. The molecule has 0 aromatic heterocycles. The summed E-state index contributed by atoms with van der Waals surface area (Å²) >= 11 is 3.50. The smallest absolute Gasteiger partial charge is 0.0762 e. The van der Waals surface area contributed by atoms with Crippen molar-refractivity contribution in [1.29, 1.82) is 0 Å². The van der Waals surface area contributed by atoms with Crippen molar-refractivity contribution >= 4 is 21.6 Å². The maximum atomic E-state index is 9.43. The third-order valence-corrected chi connectivity index (χ3v) is 2.90. The number of rotatable bonds is 4. The number of nitrogens with zero attached hydrogens (tertiary/aromatic N) is 1. The Hall–Kier alpha value is -0.800. The lowest BCUT2D eigenvalue weighted by atomic mass is 10.1. The Morgan fingerprint density at radius 2 is 2.27 bits per heavy atom. The molecule has 0 amide bonds. The van der Waals surface area contributed by atoms with Gasteiger partial charge >= 0.3 is 0 Å². The number of likely N-dealkylation sites (N-methyl/N-ethyl adjacent to an activating group) is 1. The maximum Gasteiger partial charge on any atom is 0.0762 e. The first-order valence-electron chi connectivity index (χ1n) is 4.85. The highest BCUT2D eigenvalue weighted by Gasteiger charge is 2.07. The van der Waals surface area contributed by atoms with E-state index in [1.807, 2.05) is 31.3 Å². The van der Waals surface area contributed by atoms with E-state index in [0.717, 1.165) is 22.3 Å². The molecular formula is C12H16BrNO. The molecule has 0 spiro atoms. The van der Waals surface area contributed by atoms with Crippen LogP contribution in [0.3, 0.4) is 0 Å². The van der Waals surface area contributed by atoms with Gasteiger partial charge in [-0.3, -0.25) is 0 Å². The lowest BCUT2D eigenvalue weighted by Crippen LogP contribution is -2.17. The molecule has 0 aliphatic rings. The lowest BCUT2D eigenvalue weighted by molar-refractivity contribution is 0.199. The molecule has 1 aromatic carbocycles. The second-order valence-electron chi connectivity index (χ2n) is 3.56. The van der Waals surface area contributed by atoms with Crippen molar-refractivity contribution in [2.45, 2.75) is 13.0 Å². The Morgan fingerprint density at radius 3 is 2.73 bits per heavy atom. The first kappa shape index (κ1) is 12.3. The molecule has 0 aliphatic heterocycles. The van der Waals surface area contributed by atoms with E-state index in [1.54, 1.807) is 6.92 Å². The van der Waals surface area contributed by atoms with Crippen LogP contribution in [0.5, 0.6) is 0 Å². The van der Waals surface area contributed by atoms with Gasteiger partial charge in [0.1, 0.15) is 0 Å². The molecule has 1 atom stereocenters. The molecule has 1 rings (SSSR count). The summed E-state index contributed by atoms with van der Waals surface area (Å²) in [5.74, 6) is 0. The molecule has 0 radical (unpaired) electrons. The van der Waals surface area contributed by atoms with Gasteiger partial charge < -0.3 is 10.0 Å². The highest BCUT2D eigenvalue weighted by Crippen LogP contribution is 2.28. The van der Waals surface area contributed by atoms with Crippen LogP contribution in [0.25, 0.3) is 0 Å². The normalized spacial score (nSPS) is 12.3. The van der Waals surface area contributed by atoms with Crippen molar-refractivity contribution in [2.75, 3.05) is 18.5 Å². The fraction of sp³-hybridized carbons (Fsp3) is 0.333. The summed E-state index contributed by atoms with van der Waals surface area (Å²) in [4.78, 5) is 2.09. The first-order valence-corrected chi connectivity index (χ1v) is 5.65. The highest BCUT2D eigenvalue weighted by molar-refractivity contribution is 9.10. The zero-order valence-corrected chi connectivity index (χ0v) is 10.7. The average Bonchev–Trinajstić information content (AvgIpc) is 2.17. The average molecular weight is 270 g/mol. The van der Waals surface area contributed by atoms with Crippen LogP contribution in [0, 0.1) is 0 Å². The van der Waals surface area contributed by atoms with E-state index in [4.69, 9.17) is 0 Å². The Balaban J connectivity index is 2.97. The van der Waals surface area contributed by atoms with E-state index in [2.05, 4.69) is 27.4 Å². The minimum atomic E-state index is -0.430. The summed E-state index contributed by atoms with van der Waals surface area (Å²) in [5.41, 5.74) is 2.01. The van der Waals surface area contributed by atoms with Crippen LogP contribution < -0.4 is 4.90 Å². The number of anilines is 1. The lowest BCUT2D eigenvalue weighted by Gasteiger charge is -2.19. The van der Waals surface area contributed by atoms with E-state index < -0.39 is 6.10 Å². The van der Waals surface area contributed by atoms with Gasteiger partial charge in [0.15, 0.2) is 0 Å². The fourth-order valence-electron chi connectivity index (χ4n) is 1.38. The van der Waals surface area contributed by atoms with Gasteiger partial charge in [0, 0.05) is 18.1 Å². The molecule has 0 bridgehead atoms. The SMILES string of the molecule is C=CCN(C)c1ccc([C@@H](C)O)cc1Br. The Kier molecular flexibility index (Phi) is 4.36. The molecule has 2 nitrogen and oxygen atoms in total. The minimum Gasteiger partial charge on any atom is -0.389 e. The molecule has 0 saturated carbocycles. The summed E-state index contributed by atoms with van der Waals surface area (Å²) in [6.07, 6.45) is 1.43. The predicted octanol–water partition coefficient (Wildman–Crippen LogP) is 3.12. The van der Waals surface area contributed by atoms with Crippen molar-refractivity contribution in [3.63, 3.8) is 0 Å². The standard InChI is InChI=1S/C12H16BrNO/c1-4-7-14(3)12-6-5-10(9(2)15)8-11(12)13/h4-6,8-9,15H,1,7H2,2-3H3/t9-/m1/s1. The van der Waals surface area contributed by atoms with Gasteiger partial charge in [0.2, 0.25) is 0 Å². The van der Waals surface area contributed by atoms with Crippen LogP contribution in [-0.2, 0) is 0 Å². The van der Waals surface area contributed by atoms with Gasteiger partial charge in [-0.2, -0.15) is 0 Å². The van der Waals surface area contributed by atoms with E-state index in [0.29, 0.717) is 0 Å². The number of aliphatic hydroxyl groups is 1. The van der Waals surface area contributed by atoms with Crippen LogP contribution >= 0.6 is 15.9 Å². The van der Waals surface area contributed by atoms with Gasteiger partial charge in [-0.05, 0) is 40.5 Å². The summed E-state index contributed by atoms with van der Waals surface area (Å²) < 4.78 is 0.991. The highest BCUT2D eigenvalue weighted by atomic mass is 79.9. The van der Waals surface area contributed by atoms with Crippen LogP contribution in [0.4, 0.5) is 5.69 Å². The maximum absolute atomic E-state index is 9.43. The van der Waals surface area contributed by atoms with Crippen molar-refractivity contribution in [3.05, 3.63) is 40.9 Å². The molecule has 1 aromatic rings. The molecular weight excluding hydrogens is 254 g/mol. The monoisotopic (exact) mass is 269 g/mol. The van der Waals surface area contributed by atoms with Crippen molar-refractivity contribution in [1.82, 2.24) is 0 Å². The van der Waals surface area contributed by atoms with Crippen molar-refractivity contribution in [3.8, 4) is 0 Å². The molecule has 0 heterocycles. The molecule has 0 aliphatic carbocycles. The number of aliphatic hydroxyl groups excluding tert-OH is 1. The van der Waals surface area contributed by atoms with Crippen molar-refractivity contribution < 1.29 is 5.11 Å². The Morgan fingerprint density at radius 1 is 1.60 bits per heavy atom. The Labute approximate surface area is 99.4 Å². The van der Waals surface area contributed by atoms with Crippen LogP contribution in [0.2, 0.25) is 0 Å². The van der Waals surface area contributed by atoms with Gasteiger partial charge in [0.25, 0.3) is 0 Å². The predicted molar refractivity (Wildman–Crippen MR) is 68.2 cm³/mol. The molecule has 82 valence electrons. The van der Waals surface area contributed by atoms with Gasteiger partial charge in [-0.15, -0.1) is 6.58 Å². The number of halogens is 1. The summed E-state index contributed by atoms with van der Waals surface area (Å²) in [5, 5.41) is 9.43.